The minimum atomic E-state index is -1.72. The fraction of sp³-hybridized carbons (Fsp3) is 0.667. The van der Waals surface area contributed by atoms with Crippen LogP contribution in [0.2, 0.25) is 0 Å². The van der Waals surface area contributed by atoms with Gasteiger partial charge in [0.2, 0.25) is 23.6 Å². The van der Waals surface area contributed by atoms with Gasteiger partial charge >= 0.3 is 11.9 Å². The number of carbonyl (C=O) groups excluding carboxylic acids is 4. The maximum Gasteiger partial charge on any atom is 0.326 e. The molecular formula is C21H38N8O8. The summed E-state index contributed by atoms with van der Waals surface area (Å²) in [6, 6.07) is -5.30. The van der Waals surface area contributed by atoms with Crippen LogP contribution in [0.25, 0.3) is 0 Å². The maximum atomic E-state index is 13.0. The number of carbonyl (C=O) groups is 6. The van der Waals surface area contributed by atoms with Crippen LogP contribution in [0.1, 0.15) is 52.4 Å². The van der Waals surface area contributed by atoms with E-state index in [-0.39, 0.29) is 44.1 Å². The van der Waals surface area contributed by atoms with E-state index in [0.29, 0.717) is 6.42 Å². The van der Waals surface area contributed by atoms with Gasteiger partial charge < -0.3 is 49.1 Å². The maximum absolute atomic E-state index is 13.0. The first-order valence-corrected chi connectivity index (χ1v) is 11.6. The number of aliphatic carboxylic acids is 2. The number of hydrogen-bond acceptors (Lipinski definition) is 8. The lowest BCUT2D eigenvalue weighted by Gasteiger charge is -2.25. The summed E-state index contributed by atoms with van der Waals surface area (Å²) in [5, 5.41) is 25.0. The van der Waals surface area contributed by atoms with Crippen LogP contribution in [0.3, 0.4) is 0 Å². The minimum absolute atomic E-state index is 0.0672. The van der Waals surface area contributed by atoms with E-state index in [2.05, 4.69) is 20.9 Å². The molecule has 0 radical (unpaired) electrons. The lowest BCUT2D eigenvalue weighted by atomic mass is 10.0. The molecule has 0 saturated heterocycles. The smallest absolute Gasteiger partial charge is 0.326 e. The first-order valence-electron chi connectivity index (χ1n) is 11.6. The molecule has 0 aliphatic heterocycles. The normalized spacial score (nSPS) is 13.9. The third kappa shape index (κ3) is 14.9. The number of carboxylic acid groups (broad SMARTS) is 2. The molecule has 37 heavy (non-hydrogen) atoms. The minimum Gasteiger partial charge on any atom is -0.481 e. The van der Waals surface area contributed by atoms with Gasteiger partial charge in [0, 0.05) is 13.0 Å². The second kappa shape index (κ2) is 16.7. The van der Waals surface area contributed by atoms with Crippen LogP contribution in [-0.4, -0.2) is 82.5 Å². The summed E-state index contributed by atoms with van der Waals surface area (Å²) in [7, 11) is 0. The number of nitrogens with two attached hydrogens (primary N) is 4. The first kappa shape index (κ1) is 33.0. The van der Waals surface area contributed by atoms with Crippen molar-refractivity contribution in [2.45, 2.75) is 76.5 Å². The van der Waals surface area contributed by atoms with E-state index in [0.717, 1.165) is 0 Å². The number of aliphatic imine (C=N–C) groups is 1. The van der Waals surface area contributed by atoms with E-state index < -0.39 is 66.2 Å². The molecule has 0 rings (SSSR count). The summed E-state index contributed by atoms with van der Waals surface area (Å²) in [4.78, 5) is 75.5. The average molecular weight is 531 g/mol. The van der Waals surface area contributed by atoms with E-state index in [1.165, 1.54) is 0 Å². The van der Waals surface area contributed by atoms with Gasteiger partial charge in [0.1, 0.15) is 18.1 Å². The van der Waals surface area contributed by atoms with Crippen LogP contribution in [0, 0.1) is 5.92 Å². The van der Waals surface area contributed by atoms with Crippen LogP contribution in [0.15, 0.2) is 4.99 Å². The molecule has 0 heterocycles. The Bertz CT molecular complexity index is 859. The molecule has 0 aliphatic rings. The van der Waals surface area contributed by atoms with Crippen molar-refractivity contribution in [3.05, 3.63) is 0 Å². The Morgan fingerprint density at radius 1 is 0.811 bits per heavy atom. The molecule has 0 aromatic heterocycles. The highest BCUT2D eigenvalue weighted by Crippen LogP contribution is 2.08. The Morgan fingerprint density at radius 3 is 1.84 bits per heavy atom. The molecule has 4 amide bonds. The SMILES string of the molecule is CC(C)CC(NC(=O)C(CCC(N)=O)NC(=O)C(N)CCCN=C(N)N)C(=O)NC(CC(=O)O)C(=O)O. The molecule has 0 aromatic carbocycles. The van der Waals surface area contributed by atoms with Crippen molar-refractivity contribution < 1.29 is 39.0 Å². The molecule has 16 heteroatoms. The van der Waals surface area contributed by atoms with Crippen molar-refractivity contribution in [2.24, 2.45) is 33.8 Å². The van der Waals surface area contributed by atoms with Gasteiger partial charge in [-0.1, -0.05) is 13.8 Å². The largest absolute Gasteiger partial charge is 0.481 e. The topological polar surface area (TPSA) is 295 Å². The first-order chi connectivity index (χ1) is 17.1. The van der Waals surface area contributed by atoms with E-state index in [4.69, 9.17) is 28.0 Å². The summed E-state index contributed by atoms with van der Waals surface area (Å²) in [6.45, 7) is 3.72. The molecule has 0 spiro atoms. The summed E-state index contributed by atoms with van der Waals surface area (Å²) in [6.07, 6.45) is -0.702. The summed E-state index contributed by atoms with van der Waals surface area (Å²) in [5.74, 6) is -6.46. The second-order valence-electron chi connectivity index (χ2n) is 8.81. The third-order valence-electron chi connectivity index (χ3n) is 4.95. The van der Waals surface area contributed by atoms with E-state index in [1.54, 1.807) is 13.8 Å². The zero-order chi connectivity index (χ0) is 28.7. The van der Waals surface area contributed by atoms with Crippen LogP contribution >= 0.6 is 0 Å². The number of rotatable bonds is 18. The molecule has 13 N–H and O–H groups in total. The third-order valence-corrected chi connectivity index (χ3v) is 4.95. The Hall–Kier alpha value is -3.95. The lowest BCUT2D eigenvalue weighted by Crippen LogP contribution is -2.57. The van der Waals surface area contributed by atoms with Crippen LogP contribution in [0.4, 0.5) is 0 Å². The summed E-state index contributed by atoms with van der Waals surface area (Å²) in [5.41, 5.74) is 21.5. The van der Waals surface area contributed by atoms with Crippen molar-refractivity contribution in [1.82, 2.24) is 16.0 Å². The fourth-order valence-electron chi connectivity index (χ4n) is 3.11. The van der Waals surface area contributed by atoms with Gasteiger partial charge in [0.05, 0.1) is 12.5 Å². The van der Waals surface area contributed by atoms with Crippen LogP contribution in [-0.2, 0) is 28.8 Å². The van der Waals surface area contributed by atoms with Gasteiger partial charge in [-0.3, -0.25) is 29.0 Å². The van der Waals surface area contributed by atoms with Crippen molar-refractivity contribution >= 4 is 41.5 Å². The molecule has 0 aliphatic carbocycles. The number of nitrogens with one attached hydrogen (secondary N) is 3. The summed E-state index contributed by atoms with van der Waals surface area (Å²) < 4.78 is 0. The monoisotopic (exact) mass is 530 g/mol. The number of carboxylic acids is 2. The molecule has 4 unspecified atom stereocenters. The molecule has 0 saturated carbocycles. The molecular weight excluding hydrogens is 492 g/mol. The second-order valence-corrected chi connectivity index (χ2v) is 8.81. The predicted molar refractivity (Wildman–Crippen MR) is 131 cm³/mol. The molecule has 0 fully saturated rings. The predicted octanol–water partition coefficient (Wildman–Crippen LogP) is -3.31. The van der Waals surface area contributed by atoms with Gasteiger partial charge in [-0.15, -0.1) is 0 Å². The molecule has 0 aromatic rings. The van der Waals surface area contributed by atoms with Crippen molar-refractivity contribution in [2.75, 3.05) is 6.54 Å². The van der Waals surface area contributed by atoms with E-state index in [1.807, 2.05) is 0 Å². The zero-order valence-electron chi connectivity index (χ0n) is 20.9. The number of primary amides is 1. The van der Waals surface area contributed by atoms with Crippen molar-refractivity contribution in [1.29, 1.82) is 0 Å². The number of amides is 4. The van der Waals surface area contributed by atoms with Gasteiger partial charge in [-0.2, -0.15) is 0 Å². The van der Waals surface area contributed by atoms with E-state index >= 15 is 0 Å². The van der Waals surface area contributed by atoms with Gasteiger partial charge in [0.25, 0.3) is 0 Å². The van der Waals surface area contributed by atoms with E-state index in [9.17, 15) is 33.9 Å². The highest BCUT2D eigenvalue weighted by Gasteiger charge is 2.31. The van der Waals surface area contributed by atoms with Crippen molar-refractivity contribution in [3.63, 3.8) is 0 Å². The Labute approximate surface area is 214 Å². The van der Waals surface area contributed by atoms with Gasteiger partial charge in [-0.25, -0.2) is 4.79 Å². The average Bonchev–Trinajstić information content (AvgIpc) is 2.76. The van der Waals surface area contributed by atoms with Crippen LogP contribution < -0.4 is 38.9 Å². The quantitative estimate of drug-likeness (QED) is 0.0480. The molecule has 16 nitrogen and oxygen atoms in total. The highest BCUT2D eigenvalue weighted by atomic mass is 16.4. The summed E-state index contributed by atoms with van der Waals surface area (Å²) >= 11 is 0. The standard InChI is InChI=1S/C21H38N8O8/c1-10(2)8-13(19(35)29-14(20(36)37)9-16(31)32)28-18(34)12(5-6-15(23)30)27-17(33)11(22)4-3-7-26-21(24)25/h10-14H,3-9,22H2,1-2H3,(H2,23,30)(H,27,33)(H,28,34)(H,29,35)(H,31,32)(H,36,37)(H4,24,25,26). The number of hydrogen-bond donors (Lipinski definition) is 9. The zero-order valence-corrected chi connectivity index (χ0v) is 20.9. The number of nitrogens with zero attached hydrogens (tertiary/aromatic N) is 1. The lowest BCUT2D eigenvalue weighted by molar-refractivity contribution is -0.147. The van der Waals surface area contributed by atoms with Crippen molar-refractivity contribution in [3.8, 4) is 0 Å². The Balaban J connectivity index is 5.51. The molecule has 210 valence electrons. The van der Waals surface area contributed by atoms with Gasteiger partial charge in [-0.05, 0) is 31.6 Å². The molecule has 0 bridgehead atoms. The fourth-order valence-corrected chi connectivity index (χ4v) is 3.11. The number of guanidine groups is 1. The highest BCUT2D eigenvalue weighted by molar-refractivity contribution is 5.94. The molecule has 4 atom stereocenters. The Morgan fingerprint density at radius 2 is 1.35 bits per heavy atom. The van der Waals surface area contributed by atoms with Crippen LogP contribution in [0.5, 0.6) is 0 Å². The Kier molecular flexibility index (Phi) is 14.9. The van der Waals surface area contributed by atoms with Gasteiger partial charge in [0.15, 0.2) is 5.96 Å².